The summed E-state index contributed by atoms with van der Waals surface area (Å²) >= 11 is 0. The van der Waals surface area contributed by atoms with Gasteiger partial charge in [0.05, 0.1) is 0 Å². The van der Waals surface area contributed by atoms with Crippen LogP contribution in [0.3, 0.4) is 0 Å². The third-order valence-corrected chi connectivity index (χ3v) is 1.68. The fourth-order valence-electron chi connectivity index (χ4n) is 1.05. The van der Waals surface area contributed by atoms with Crippen LogP contribution in [0, 0.1) is 6.92 Å². The van der Waals surface area contributed by atoms with Crippen molar-refractivity contribution >= 4 is 11.8 Å². The van der Waals surface area contributed by atoms with E-state index in [1.54, 1.807) is 0 Å². The van der Waals surface area contributed by atoms with Crippen LogP contribution in [0.1, 0.15) is 16.1 Å². The molecule has 16 heavy (non-hydrogen) atoms. The summed E-state index contributed by atoms with van der Waals surface area (Å²) in [6, 6.07) is 1.10. The molecule has 0 aliphatic rings. The lowest BCUT2D eigenvalue weighted by Gasteiger charge is -1.99. The second kappa shape index (κ2) is 4.43. The first-order valence-corrected chi connectivity index (χ1v) is 4.21. The van der Waals surface area contributed by atoms with E-state index in [-0.39, 0.29) is 5.76 Å². The summed E-state index contributed by atoms with van der Waals surface area (Å²) in [5, 5.41) is 17.6. The van der Waals surface area contributed by atoms with Crippen molar-refractivity contribution in [3.8, 4) is 5.75 Å². The monoisotopic (exact) mass is 224 g/mol. The van der Waals surface area contributed by atoms with Crippen molar-refractivity contribution in [1.29, 1.82) is 0 Å². The summed E-state index contributed by atoms with van der Waals surface area (Å²) in [5.41, 5.74) is -1.58. The van der Waals surface area contributed by atoms with Crippen LogP contribution in [0.4, 0.5) is 0 Å². The largest absolute Gasteiger partial charge is 0.507 e. The van der Waals surface area contributed by atoms with Gasteiger partial charge in [0.2, 0.25) is 0 Å². The first kappa shape index (κ1) is 11.7. The molecule has 0 aliphatic heterocycles. The Morgan fingerprint density at radius 3 is 2.50 bits per heavy atom. The van der Waals surface area contributed by atoms with E-state index >= 15 is 0 Å². The van der Waals surface area contributed by atoms with E-state index in [1.165, 1.54) is 6.92 Å². The Hall–Kier alpha value is -2.37. The van der Waals surface area contributed by atoms with Gasteiger partial charge in [-0.15, -0.1) is 0 Å². The number of carbonyl (C=O) groups is 2. The minimum Gasteiger partial charge on any atom is -0.507 e. The molecule has 1 rings (SSSR count). The van der Waals surface area contributed by atoms with Crippen molar-refractivity contribution in [2.24, 2.45) is 0 Å². The van der Waals surface area contributed by atoms with Gasteiger partial charge < -0.3 is 14.6 Å². The van der Waals surface area contributed by atoms with E-state index in [9.17, 15) is 19.5 Å². The Morgan fingerprint density at radius 2 is 2.00 bits per heavy atom. The van der Waals surface area contributed by atoms with Gasteiger partial charge in [-0.1, -0.05) is 0 Å². The van der Waals surface area contributed by atoms with Gasteiger partial charge in [-0.05, 0) is 13.0 Å². The Kier molecular flexibility index (Phi) is 3.24. The highest BCUT2D eigenvalue weighted by Gasteiger charge is 2.15. The van der Waals surface area contributed by atoms with Crippen molar-refractivity contribution in [1.82, 2.24) is 0 Å². The number of carboxylic acid groups (broad SMARTS) is 1. The van der Waals surface area contributed by atoms with Crippen molar-refractivity contribution in [3.63, 3.8) is 0 Å². The lowest BCUT2D eigenvalue weighted by molar-refractivity contribution is -0.131. The highest BCUT2D eigenvalue weighted by atomic mass is 16.4. The van der Waals surface area contributed by atoms with Crippen molar-refractivity contribution in [3.05, 3.63) is 40.0 Å². The number of rotatable bonds is 3. The second-order valence-corrected chi connectivity index (χ2v) is 2.94. The topological polar surface area (TPSA) is 105 Å². The summed E-state index contributed by atoms with van der Waals surface area (Å²) < 4.78 is 4.60. The van der Waals surface area contributed by atoms with Crippen LogP contribution >= 0.6 is 0 Å². The van der Waals surface area contributed by atoms with E-state index < -0.39 is 28.7 Å². The summed E-state index contributed by atoms with van der Waals surface area (Å²) in [6.45, 7) is 1.43. The SMILES string of the molecule is Cc1cc(O)c(C(=O)C=CC(=O)O)c(=O)o1. The first-order chi connectivity index (χ1) is 7.41. The lowest BCUT2D eigenvalue weighted by Crippen LogP contribution is -2.13. The number of ketones is 1. The molecule has 0 amide bonds. The smallest absolute Gasteiger partial charge is 0.351 e. The average Bonchev–Trinajstić information content (AvgIpc) is 2.12. The molecule has 1 aromatic heterocycles. The molecule has 0 spiro atoms. The van der Waals surface area contributed by atoms with Crippen molar-refractivity contribution in [2.75, 3.05) is 0 Å². The van der Waals surface area contributed by atoms with Gasteiger partial charge in [-0.25, -0.2) is 9.59 Å². The molecule has 2 N–H and O–H groups in total. The Balaban J connectivity index is 3.20. The Labute approximate surface area is 89.4 Å². The molecule has 6 nitrogen and oxygen atoms in total. The van der Waals surface area contributed by atoms with Gasteiger partial charge in [0, 0.05) is 12.1 Å². The molecule has 6 heteroatoms. The van der Waals surface area contributed by atoms with Crippen LogP contribution in [-0.4, -0.2) is 22.0 Å². The van der Waals surface area contributed by atoms with Crippen LogP contribution in [0.15, 0.2) is 27.4 Å². The van der Waals surface area contributed by atoms with Gasteiger partial charge in [-0.3, -0.25) is 4.79 Å². The van der Waals surface area contributed by atoms with Gasteiger partial charge in [0.1, 0.15) is 17.1 Å². The zero-order valence-corrected chi connectivity index (χ0v) is 8.26. The van der Waals surface area contributed by atoms with Gasteiger partial charge in [0.15, 0.2) is 5.78 Å². The number of hydrogen-bond donors (Lipinski definition) is 2. The molecule has 0 saturated carbocycles. The van der Waals surface area contributed by atoms with E-state index in [1.807, 2.05) is 0 Å². The predicted molar refractivity (Wildman–Crippen MR) is 52.5 cm³/mol. The second-order valence-electron chi connectivity index (χ2n) is 2.94. The number of allylic oxidation sites excluding steroid dienone is 1. The number of carbonyl (C=O) groups excluding carboxylic acids is 1. The highest BCUT2D eigenvalue weighted by molar-refractivity contribution is 6.08. The van der Waals surface area contributed by atoms with Crippen LogP contribution in [0.25, 0.3) is 0 Å². The number of aromatic hydroxyl groups is 1. The summed E-state index contributed by atoms with van der Waals surface area (Å²) in [5.74, 6) is -2.63. The van der Waals surface area contributed by atoms with Crippen LogP contribution < -0.4 is 5.63 Å². The third kappa shape index (κ3) is 2.57. The van der Waals surface area contributed by atoms with Gasteiger partial charge >= 0.3 is 11.6 Å². The van der Waals surface area contributed by atoms with E-state index in [2.05, 4.69) is 4.42 Å². The maximum Gasteiger partial charge on any atom is 0.351 e. The molecule has 1 heterocycles. The predicted octanol–water partition coefficient (Wildman–Crippen LogP) is 0.477. The molecule has 0 aromatic carbocycles. The maximum atomic E-state index is 11.3. The lowest BCUT2D eigenvalue weighted by atomic mass is 10.1. The van der Waals surface area contributed by atoms with E-state index in [0.717, 1.165) is 6.07 Å². The van der Waals surface area contributed by atoms with Crippen LogP contribution in [-0.2, 0) is 4.79 Å². The molecule has 0 radical (unpaired) electrons. The van der Waals surface area contributed by atoms with E-state index in [4.69, 9.17) is 5.11 Å². The molecule has 84 valence electrons. The normalized spacial score (nSPS) is 10.6. The molecule has 0 atom stereocenters. The highest BCUT2D eigenvalue weighted by Crippen LogP contribution is 2.15. The third-order valence-electron chi connectivity index (χ3n) is 1.68. The van der Waals surface area contributed by atoms with Gasteiger partial charge in [-0.2, -0.15) is 0 Å². The molecule has 0 unspecified atom stereocenters. The van der Waals surface area contributed by atoms with Crippen LogP contribution in [0.5, 0.6) is 5.75 Å². The minimum absolute atomic E-state index is 0.154. The number of carboxylic acids is 1. The fraction of sp³-hybridized carbons (Fsp3) is 0.100. The zero-order chi connectivity index (χ0) is 12.3. The minimum atomic E-state index is -1.33. The molecular formula is C10H8O6. The average molecular weight is 224 g/mol. The van der Waals surface area contributed by atoms with Crippen LogP contribution in [0.2, 0.25) is 0 Å². The standard InChI is InChI=1S/C10H8O6/c1-5-4-7(12)9(10(15)16-5)6(11)2-3-8(13)14/h2-4,12H,1H3,(H,13,14). The number of hydrogen-bond acceptors (Lipinski definition) is 5. The molecular weight excluding hydrogens is 216 g/mol. The molecule has 0 saturated heterocycles. The molecule has 0 fully saturated rings. The van der Waals surface area contributed by atoms with Crippen molar-refractivity contribution in [2.45, 2.75) is 6.92 Å². The van der Waals surface area contributed by atoms with Gasteiger partial charge in [0.25, 0.3) is 0 Å². The molecule has 0 aliphatic carbocycles. The number of aliphatic carboxylic acids is 1. The number of aryl methyl sites for hydroxylation is 1. The van der Waals surface area contributed by atoms with Crippen molar-refractivity contribution < 1.29 is 24.2 Å². The molecule has 1 aromatic rings. The first-order valence-electron chi connectivity index (χ1n) is 4.21. The summed E-state index contributed by atoms with van der Waals surface area (Å²) in [4.78, 5) is 32.7. The summed E-state index contributed by atoms with van der Waals surface area (Å²) in [6.07, 6.45) is 1.24. The molecule has 0 bridgehead atoms. The quantitative estimate of drug-likeness (QED) is 0.571. The summed E-state index contributed by atoms with van der Waals surface area (Å²) in [7, 11) is 0. The van der Waals surface area contributed by atoms with E-state index in [0.29, 0.717) is 12.2 Å². The Morgan fingerprint density at radius 1 is 1.38 bits per heavy atom. The maximum absolute atomic E-state index is 11.3. The Bertz CT molecular complexity index is 523. The zero-order valence-electron chi connectivity index (χ0n) is 8.26. The fourth-order valence-corrected chi connectivity index (χ4v) is 1.05.